The van der Waals surface area contributed by atoms with E-state index in [1.807, 2.05) is 0 Å². The molecule has 0 aliphatic carbocycles. The molecule has 1 fully saturated rings. The highest BCUT2D eigenvalue weighted by Gasteiger charge is 2.42. The number of ether oxygens (including phenoxy) is 1. The highest BCUT2D eigenvalue weighted by molar-refractivity contribution is 6.04. The number of hydrogen-bond donors (Lipinski definition) is 2. The van der Waals surface area contributed by atoms with Crippen molar-refractivity contribution in [1.82, 2.24) is 4.90 Å². The molecule has 1 aromatic rings. The van der Waals surface area contributed by atoms with Gasteiger partial charge in [0.1, 0.15) is 11.6 Å². The zero-order valence-corrected chi connectivity index (χ0v) is 14.0. The molecule has 1 atom stereocenters. The van der Waals surface area contributed by atoms with E-state index in [2.05, 4.69) is 5.32 Å². The number of likely N-dealkylation sites (tertiary alicyclic amines) is 1. The van der Waals surface area contributed by atoms with Crippen LogP contribution in [0, 0.1) is 0 Å². The van der Waals surface area contributed by atoms with Crippen LogP contribution in [0.15, 0.2) is 24.3 Å². The maximum atomic E-state index is 12.4. The molecule has 0 bridgehead atoms. The zero-order valence-electron chi connectivity index (χ0n) is 14.0. The molecule has 0 aromatic heterocycles. The highest BCUT2D eigenvalue weighted by atomic mass is 16.6. The van der Waals surface area contributed by atoms with Gasteiger partial charge in [-0.25, -0.2) is 9.69 Å². The first kappa shape index (κ1) is 17.9. The summed E-state index contributed by atoms with van der Waals surface area (Å²) in [7, 11) is 0. The van der Waals surface area contributed by atoms with Crippen LogP contribution in [0.2, 0.25) is 0 Å². The number of aliphatic hydroxyl groups excluding tert-OH is 1. The molecular formula is C17H22N2O5. The molecular weight excluding hydrogens is 312 g/mol. The van der Waals surface area contributed by atoms with Gasteiger partial charge in [-0.1, -0.05) is 12.1 Å². The van der Waals surface area contributed by atoms with E-state index < -0.39 is 29.6 Å². The number of amides is 3. The highest BCUT2D eigenvalue weighted by Crippen LogP contribution is 2.23. The van der Waals surface area contributed by atoms with Crippen molar-refractivity contribution in [2.24, 2.45) is 0 Å². The van der Waals surface area contributed by atoms with Crippen LogP contribution in [0.25, 0.3) is 0 Å². The van der Waals surface area contributed by atoms with Crippen LogP contribution >= 0.6 is 0 Å². The number of imide groups is 1. The van der Waals surface area contributed by atoms with Gasteiger partial charge >= 0.3 is 6.09 Å². The number of carbonyl (C=O) groups excluding carboxylic acids is 3. The first-order chi connectivity index (χ1) is 11.2. The van der Waals surface area contributed by atoms with E-state index in [0.29, 0.717) is 5.69 Å². The molecule has 1 heterocycles. The number of benzene rings is 1. The zero-order chi connectivity index (χ0) is 17.9. The minimum atomic E-state index is -0.884. The molecule has 1 aromatic carbocycles. The fourth-order valence-electron chi connectivity index (χ4n) is 2.39. The van der Waals surface area contributed by atoms with Gasteiger partial charge < -0.3 is 15.2 Å². The van der Waals surface area contributed by atoms with Crippen LogP contribution in [-0.4, -0.2) is 39.6 Å². The van der Waals surface area contributed by atoms with Gasteiger partial charge in [0.25, 0.3) is 0 Å². The Labute approximate surface area is 140 Å². The Morgan fingerprint density at radius 1 is 1.29 bits per heavy atom. The summed E-state index contributed by atoms with van der Waals surface area (Å²) in [5.74, 6) is -0.858. The summed E-state index contributed by atoms with van der Waals surface area (Å²) >= 11 is 0. The SMILES string of the molecule is CC(C)(C)OC(=O)N1C(=O)CC[C@H]1C(=O)Nc1ccc(CO)cc1. The number of nitrogens with zero attached hydrogens (tertiary/aromatic N) is 1. The van der Waals surface area contributed by atoms with Gasteiger partial charge in [-0.05, 0) is 44.9 Å². The Hall–Kier alpha value is -2.41. The van der Waals surface area contributed by atoms with Gasteiger partial charge in [0.2, 0.25) is 11.8 Å². The van der Waals surface area contributed by atoms with Crippen molar-refractivity contribution < 1.29 is 24.2 Å². The van der Waals surface area contributed by atoms with Gasteiger partial charge in [0.05, 0.1) is 6.61 Å². The number of carbonyl (C=O) groups is 3. The number of nitrogens with one attached hydrogen (secondary N) is 1. The van der Waals surface area contributed by atoms with E-state index in [4.69, 9.17) is 9.84 Å². The van der Waals surface area contributed by atoms with E-state index in [0.717, 1.165) is 10.5 Å². The van der Waals surface area contributed by atoms with Crippen LogP contribution in [0.3, 0.4) is 0 Å². The molecule has 1 saturated heterocycles. The summed E-state index contributed by atoms with van der Waals surface area (Å²) in [6.07, 6.45) is -0.417. The van der Waals surface area contributed by atoms with E-state index in [-0.39, 0.29) is 19.4 Å². The van der Waals surface area contributed by atoms with E-state index in [1.54, 1.807) is 45.0 Å². The molecule has 1 aliphatic rings. The lowest BCUT2D eigenvalue weighted by Crippen LogP contribution is -2.47. The summed E-state index contributed by atoms with van der Waals surface area (Å²) in [5, 5.41) is 11.7. The Kier molecular flexibility index (Phi) is 5.23. The fourth-order valence-corrected chi connectivity index (χ4v) is 2.39. The van der Waals surface area contributed by atoms with E-state index in [9.17, 15) is 14.4 Å². The minimum absolute atomic E-state index is 0.0855. The van der Waals surface area contributed by atoms with Crippen molar-refractivity contribution in [2.45, 2.75) is 51.9 Å². The third-order valence-electron chi connectivity index (χ3n) is 3.51. The van der Waals surface area contributed by atoms with E-state index >= 15 is 0 Å². The second-order valence-corrected chi connectivity index (χ2v) is 6.64. The third kappa shape index (κ3) is 4.32. The van der Waals surface area contributed by atoms with Gasteiger partial charge in [-0.2, -0.15) is 0 Å². The van der Waals surface area contributed by atoms with Crippen molar-refractivity contribution in [1.29, 1.82) is 0 Å². The lowest BCUT2D eigenvalue weighted by atomic mass is 10.2. The lowest BCUT2D eigenvalue weighted by molar-refractivity contribution is -0.132. The van der Waals surface area contributed by atoms with E-state index in [1.165, 1.54) is 0 Å². The molecule has 0 saturated carbocycles. The van der Waals surface area contributed by atoms with Crippen molar-refractivity contribution in [2.75, 3.05) is 5.32 Å². The first-order valence-corrected chi connectivity index (χ1v) is 7.77. The number of rotatable bonds is 3. The second kappa shape index (κ2) is 7.00. The predicted molar refractivity (Wildman–Crippen MR) is 87.1 cm³/mol. The smallest absolute Gasteiger partial charge is 0.417 e. The molecule has 2 N–H and O–H groups in total. The molecule has 0 spiro atoms. The van der Waals surface area contributed by atoms with Crippen molar-refractivity contribution in [3.8, 4) is 0 Å². The van der Waals surface area contributed by atoms with Crippen LogP contribution < -0.4 is 5.32 Å². The van der Waals surface area contributed by atoms with Gasteiger partial charge in [0, 0.05) is 12.1 Å². The average Bonchev–Trinajstić information content (AvgIpc) is 2.88. The Morgan fingerprint density at radius 3 is 2.46 bits per heavy atom. The molecule has 0 radical (unpaired) electrons. The summed E-state index contributed by atoms with van der Waals surface area (Å²) in [6.45, 7) is 5.01. The largest absolute Gasteiger partial charge is 0.443 e. The monoisotopic (exact) mass is 334 g/mol. The topological polar surface area (TPSA) is 95.9 Å². The summed E-state index contributed by atoms with van der Waals surface area (Å²) in [4.78, 5) is 37.5. The lowest BCUT2D eigenvalue weighted by Gasteiger charge is -2.26. The average molecular weight is 334 g/mol. The molecule has 7 heteroatoms. The molecule has 24 heavy (non-hydrogen) atoms. The third-order valence-corrected chi connectivity index (χ3v) is 3.51. The molecule has 1 aliphatic heterocycles. The summed E-state index contributed by atoms with van der Waals surface area (Å²) < 4.78 is 5.21. The van der Waals surface area contributed by atoms with Gasteiger partial charge in [0.15, 0.2) is 0 Å². The number of aliphatic hydroxyl groups is 1. The van der Waals surface area contributed by atoms with Gasteiger partial charge in [-0.3, -0.25) is 9.59 Å². The van der Waals surface area contributed by atoms with Crippen molar-refractivity contribution in [3.63, 3.8) is 0 Å². The summed E-state index contributed by atoms with van der Waals surface area (Å²) in [5.41, 5.74) is 0.501. The second-order valence-electron chi connectivity index (χ2n) is 6.64. The van der Waals surface area contributed by atoms with Gasteiger partial charge in [-0.15, -0.1) is 0 Å². The Bertz CT molecular complexity index is 633. The predicted octanol–water partition coefficient (Wildman–Crippen LogP) is 2.04. The number of anilines is 1. The number of hydrogen-bond acceptors (Lipinski definition) is 5. The fraction of sp³-hybridized carbons (Fsp3) is 0.471. The summed E-state index contributed by atoms with van der Waals surface area (Å²) in [6, 6.07) is 5.78. The van der Waals surface area contributed by atoms with Crippen molar-refractivity contribution in [3.05, 3.63) is 29.8 Å². The first-order valence-electron chi connectivity index (χ1n) is 7.77. The normalized spacial score (nSPS) is 17.8. The molecule has 2 rings (SSSR count). The van der Waals surface area contributed by atoms with Crippen LogP contribution in [-0.2, 0) is 20.9 Å². The van der Waals surface area contributed by atoms with Crippen LogP contribution in [0.4, 0.5) is 10.5 Å². The minimum Gasteiger partial charge on any atom is -0.443 e. The molecule has 0 unspecified atom stereocenters. The maximum absolute atomic E-state index is 12.4. The Morgan fingerprint density at radius 2 is 1.92 bits per heavy atom. The molecule has 7 nitrogen and oxygen atoms in total. The van der Waals surface area contributed by atoms with Crippen molar-refractivity contribution >= 4 is 23.6 Å². The molecule has 3 amide bonds. The maximum Gasteiger partial charge on any atom is 0.417 e. The van der Waals surface area contributed by atoms with Crippen LogP contribution in [0.5, 0.6) is 0 Å². The standard InChI is InChI=1S/C17H22N2O5/c1-17(2,3)24-16(23)19-13(8-9-14(19)21)15(22)18-12-6-4-11(10-20)5-7-12/h4-7,13,20H,8-10H2,1-3H3,(H,18,22)/t13-/m0/s1. The Balaban J connectivity index is 2.08. The quantitative estimate of drug-likeness (QED) is 0.882. The molecule has 130 valence electrons. The van der Waals surface area contributed by atoms with Crippen LogP contribution in [0.1, 0.15) is 39.2 Å².